The number of aryl methyl sites for hydroxylation is 1. The molecule has 1 aromatic carbocycles. The van der Waals surface area contributed by atoms with Crippen molar-refractivity contribution < 1.29 is 12.8 Å². The van der Waals surface area contributed by atoms with Gasteiger partial charge in [0.25, 0.3) is 0 Å². The van der Waals surface area contributed by atoms with Gasteiger partial charge in [0, 0.05) is 13.0 Å². The lowest BCUT2D eigenvalue weighted by Crippen LogP contribution is -2.11. The lowest BCUT2D eigenvalue weighted by Gasteiger charge is -1.95. The molecule has 2 rings (SSSR count). The number of benzene rings is 1. The van der Waals surface area contributed by atoms with Gasteiger partial charge in [0.1, 0.15) is 5.52 Å². The highest BCUT2D eigenvalue weighted by Crippen LogP contribution is 2.18. The molecule has 0 spiro atoms. The monoisotopic (exact) mass is 212 g/mol. The average molecular weight is 212 g/mol. The van der Waals surface area contributed by atoms with Crippen molar-refractivity contribution in [2.24, 2.45) is 5.14 Å². The van der Waals surface area contributed by atoms with E-state index < -0.39 is 10.0 Å². The maximum atomic E-state index is 11.0. The molecule has 0 unspecified atom stereocenters. The lowest BCUT2D eigenvalue weighted by atomic mass is 10.3. The number of nitrogens with zero attached hydrogens (tertiary/aromatic N) is 1. The molecule has 14 heavy (non-hydrogen) atoms. The van der Waals surface area contributed by atoms with Gasteiger partial charge in [0.2, 0.25) is 10.0 Å². The normalized spacial score (nSPS) is 12.1. The number of hydrogen-bond donors (Lipinski definition) is 1. The third-order valence-electron chi connectivity index (χ3n) is 1.80. The first-order valence-corrected chi connectivity index (χ1v) is 5.41. The number of aromatic nitrogens is 1. The van der Waals surface area contributed by atoms with E-state index in [2.05, 4.69) is 4.98 Å². The van der Waals surface area contributed by atoms with Gasteiger partial charge >= 0.3 is 0 Å². The van der Waals surface area contributed by atoms with Crippen molar-refractivity contribution in [2.75, 3.05) is 0 Å². The molecule has 74 valence electrons. The van der Waals surface area contributed by atoms with E-state index in [0.717, 1.165) is 0 Å². The summed E-state index contributed by atoms with van der Waals surface area (Å²) in [6.45, 7) is 1.69. The van der Waals surface area contributed by atoms with Crippen LogP contribution >= 0.6 is 0 Å². The van der Waals surface area contributed by atoms with Gasteiger partial charge in [-0.3, -0.25) is 0 Å². The number of fused-ring (bicyclic) bond motifs is 1. The first-order chi connectivity index (χ1) is 6.47. The SMILES string of the molecule is Cc1nc2ccc(S(N)(=O)=O)cc2o1. The average Bonchev–Trinajstić information content (AvgIpc) is 2.41. The molecule has 1 aromatic heterocycles. The van der Waals surface area contributed by atoms with Gasteiger partial charge in [0.15, 0.2) is 11.5 Å². The first-order valence-electron chi connectivity index (χ1n) is 3.87. The molecule has 0 aliphatic heterocycles. The van der Waals surface area contributed by atoms with E-state index in [1.807, 2.05) is 0 Å². The quantitative estimate of drug-likeness (QED) is 0.756. The maximum Gasteiger partial charge on any atom is 0.238 e. The highest BCUT2D eigenvalue weighted by atomic mass is 32.2. The van der Waals surface area contributed by atoms with Crippen molar-refractivity contribution in [3.63, 3.8) is 0 Å². The topological polar surface area (TPSA) is 86.2 Å². The molecule has 2 N–H and O–H groups in total. The van der Waals surface area contributed by atoms with Crippen molar-refractivity contribution in [3.8, 4) is 0 Å². The van der Waals surface area contributed by atoms with Crippen LogP contribution in [0.25, 0.3) is 11.1 Å². The molecule has 0 amide bonds. The molecule has 0 saturated heterocycles. The number of rotatable bonds is 1. The fourth-order valence-corrected chi connectivity index (χ4v) is 1.73. The Morgan fingerprint density at radius 3 is 2.79 bits per heavy atom. The van der Waals surface area contributed by atoms with Crippen molar-refractivity contribution in [1.29, 1.82) is 0 Å². The van der Waals surface area contributed by atoms with Crippen LogP contribution in [0.4, 0.5) is 0 Å². The van der Waals surface area contributed by atoms with Crippen LogP contribution in [0, 0.1) is 6.92 Å². The van der Waals surface area contributed by atoms with Gasteiger partial charge in [-0.15, -0.1) is 0 Å². The van der Waals surface area contributed by atoms with Crippen LogP contribution < -0.4 is 5.14 Å². The molecule has 0 aliphatic carbocycles. The number of sulfonamides is 1. The second-order valence-electron chi connectivity index (χ2n) is 2.91. The Kier molecular flexibility index (Phi) is 1.83. The number of primary sulfonamides is 1. The Hall–Kier alpha value is -1.40. The predicted molar refractivity (Wildman–Crippen MR) is 50.1 cm³/mol. The molecular formula is C8H8N2O3S. The maximum absolute atomic E-state index is 11.0. The van der Waals surface area contributed by atoms with Gasteiger partial charge in [-0.2, -0.15) is 0 Å². The molecular weight excluding hydrogens is 204 g/mol. The fourth-order valence-electron chi connectivity index (χ4n) is 1.20. The van der Waals surface area contributed by atoms with Crippen LogP contribution in [0.2, 0.25) is 0 Å². The zero-order valence-electron chi connectivity index (χ0n) is 7.39. The predicted octanol–water partition coefficient (Wildman–Crippen LogP) is 0.784. The minimum absolute atomic E-state index is 0.0288. The summed E-state index contributed by atoms with van der Waals surface area (Å²) in [5.74, 6) is 0.492. The van der Waals surface area contributed by atoms with Gasteiger partial charge in [0.05, 0.1) is 4.90 Å². The minimum Gasteiger partial charge on any atom is -0.441 e. The molecule has 6 heteroatoms. The zero-order chi connectivity index (χ0) is 10.3. The van der Waals surface area contributed by atoms with Gasteiger partial charge < -0.3 is 4.42 Å². The third-order valence-corrected chi connectivity index (χ3v) is 2.71. The lowest BCUT2D eigenvalue weighted by molar-refractivity contribution is 0.559. The second-order valence-corrected chi connectivity index (χ2v) is 4.47. The number of hydrogen-bond acceptors (Lipinski definition) is 4. The Bertz CT molecular complexity index is 586. The summed E-state index contributed by atoms with van der Waals surface area (Å²) in [5.41, 5.74) is 1.05. The molecule has 0 fully saturated rings. The van der Waals surface area contributed by atoms with Crippen molar-refractivity contribution in [2.45, 2.75) is 11.8 Å². The van der Waals surface area contributed by atoms with E-state index in [9.17, 15) is 8.42 Å². The molecule has 1 heterocycles. The van der Waals surface area contributed by atoms with E-state index in [-0.39, 0.29) is 4.90 Å². The highest BCUT2D eigenvalue weighted by molar-refractivity contribution is 7.89. The minimum atomic E-state index is -3.67. The summed E-state index contributed by atoms with van der Waals surface area (Å²) >= 11 is 0. The molecule has 0 atom stereocenters. The summed E-state index contributed by atoms with van der Waals surface area (Å²) in [4.78, 5) is 4.06. The number of nitrogens with two attached hydrogens (primary N) is 1. The molecule has 2 aromatic rings. The van der Waals surface area contributed by atoms with Gasteiger partial charge in [-0.1, -0.05) is 0 Å². The summed E-state index contributed by atoms with van der Waals surface area (Å²) in [5, 5.41) is 4.96. The Balaban J connectivity index is 2.74. The Labute approximate surface area is 80.6 Å². The highest BCUT2D eigenvalue weighted by Gasteiger charge is 2.10. The van der Waals surface area contributed by atoms with E-state index >= 15 is 0 Å². The van der Waals surface area contributed by atoms with Crippen molar-refractivity contribution in [3.05, 3.63) is 24.1 Å². The summed E-state index contributed by atoms with van der Waals surface area (Å²) in [6, 6.07) is 4.33. The van der Waals surface area contributed by atoms with Gasteiger partial charge in [-0.05, 0) is 12.1 Å². The molecule has 0 aliphatic rings. The van der Waals surface area contributed by atoms with Crippen LogP contribution in [-0.4, -0.2) is 13.4 Å². The van der Waals surface area contributed by atoms with E-state index in [4.69, 9.17) is 9.56 Å². The second kappa shape index (κ2) is 2.79. The largest absolute Gasteiger partial charge is 0.441 e. The molecule has 0 radical (unpaired) electrons. The third kappa shape index (κ3) is 1.49. The molecule has 0 bridgehead atoms. The summed E-state index contributed by atoms with van der Waals surface area (Å²) in [6.07, 6.45) is 0. The smallest absolute Gasteiger partial charge is 0.238 e. The van der Waals surface area contributed by atoms with E-state index in [0.29, 0.717) is 17.0 Å². The van der Waals surface area contributed by atoms with Crippen molar-refractivity contribution in [1.82, 2.24) is 4.98 Å². The first kappa shape index (κ1) is 9.17. The van der Waals surface area contributed by atoms with Crippen LogP contribution in [-0.2, 0) is 10.0 Å². The van der Waals surface area contributed by atoms with Gasteiger partial charge in [-0.25, -0.2) is 18.5 Å². The number of oxazole rings is 1. The summed E-state index contributed by atoms with van der Waals surface area (Å²) in [7, 11) is -3.67. The van der Waals surface area contributed by atoms with E-state index in [1.165, 1.54) is 12.1 Å². The molecule has 5 nitrogen and oxygen atoms in total. The summed E-state index contributed by atoms with van der Waals surface area (Å²) < 4.78 is 27.2. The Morgan fingerprint density at radius 2 is 2.14 bits per heavy atom. The fraction of sp³-hybridized carbons (Fsp3) is 0.125. The van der Waals surface area contributed by atoms with Crippen LogP contribution in [0.15, 0.2) is 27.5 Å². The molecule has 0 saturated carbocycles. The van der Waals surface area contributed by atoms with Crippen LogP contribution in [0.5, 0.6) is 0 Å². The standard InChI is InChI=1S/C8H8N2O3S/c1-5-10-7-3-2-6(14(9,11)12)4-8(7)13-5/h2-4H,1H3,(H2,9,11,12). The zero-order valence-corrected chi connectivity index (χ0v) is 8.21. The van der Waals surface area contributed by atoms with Crippen LogP contribution in [0.1, 0.15) is 5.89 Å². The Morgan fingerprint density at radius 1 is 1.43 bits per heavy atom. The van der Waals surface area contributed by atoms with Crippen molar-refractivity contribution >= 4 is 21.1 Å². The van der Waals surface area contributed by atoms with Crippen LogP contribution in [0.3, 0.4) is 0 Å². The van der Waals surface area contributed by atoms with E-state index in [1.54, 1.807) is 13.0 Å².